The molecule has 20 heavy (non-hydrogen) atoms. The Hall–Kier alpha value is -0.970. The molecule has 0 atom stereocenters. The van der Waals surface area contributed by atoms with E-state index in [4.69, 9.17) is 23.2 Å². The summed E-state index contributed by atoms with van der Waals surface area (Å²) in [6, 6.07) is 6.84. The van der Waals surface area contributed by atoms with E-state index < -0.39 is 23.0 Å². The van der Waals surface area contributed by atoms with Crippen LogP contribution in [-0.4, -0.2) is 5.78 Å². The zero-order chi connectivity index (χ0) is 14.9. The third-order valence-electron chi connectivity index (χ3n) is 2.67. The van der Waals surface area contributed by atoms with Gasteiger partial charge >= 0.3 is 0 Å². The molecule has 0 aromatic heterocycles. The second-order valence-corrected chi connectivity index (χ2v) is 5.76. The average Bonchev–Trinajstić information content (AvgIpc) is 2.33. The van der Waals surface area contributed by atoms with Crippen LogP contribution in [0.25, 0.3) is 0 Å². The number of carbonyl (C=O) groups is 1. The minimum atomic E-state index is -0.917. The van der Waals surface area contributed by atoms with Gasteiger partial charge in [0, 0.05) is 10.9 Å². The van der Waals surface area contributed by atoms with Crippen molar-refractivity contribution in [1.82, 2.24) is 0 Å². The highest BCUT2D eigenvalue weighted by atomic mass is 79.9. The SMILES string of the molecule is O=C(Cc1cccc(Cl)c1Cl)c1c(F)cc(Br)cc1F. The highest BCUT2D eigenvalue weighted by Crippen LogP contribution is 2.27. The van der Waals surface area contributed by atoms with Crippen molar-refractivity contribution in [3.8, 4) is 0 Å². The van der Waals surface area contributed by atoms with E-state index in [-0.39, 0.29) is 20.9 Å². The summed E-state index contributed by atoms with van der Waals surface area (Å²) in [7, 11) is 0. The molecule has 0 heterocycles. The van der Waals surface area contributed by atoms with Crippen LogP contribution in [0.1, 0.15) is 15.9 Å². The first-order chi connectivity index (χ1) is 9.40. The minimum absolute atomic E-state index is 0.209. The summed E-state index contributed by atoms with van der Waals surface area (Å²) in [6.45, 7) is 0. The van der Waals surface area contributed by atoms with Crippen LogP contribution in [0, 0.1) is 11.6 Å². The van der Waals surface area contributed by atoms with Crippen molar-refractivity contribution < 1.29 is 13.6 Å². The predicted molar refractivity (Wildman–Crippen MR) is 78.6 cm³/mol. The minimum Gasteiger partial charge on any atom is -0.294 e. The Bertz CT molecular complexity index is 666. The fourth-order valence-corrected chi connectivity index (χ4v) is 2.54. The quantitative estimate of drug-likeness (QED) is 0.647. The fraction of sp³-hybridized carbons (Fsp3) is 0.0714. The van der Waals surface area contributed by atoms with E-state index in [1.54, 1.807) is 18.2 Å². The molecule has 0 fully saturated rings. The maximum Gasteiger partial charge on any atom is 0.173 e. The summed E-state index contributed by atoms with van der Waals surface area (Å²) < 4.78 is 27.6. The van der Waals surface area contributed by atoms with Gasteiger partial charge in [-0.25, -0.2) is 8.78 Å². The molecule has 0 saturated heterocycles. The molecule has 0 aliphatic carbocycles. The van der Waals surface area contributed by atoms with Gasteiger partial charge in [0.2, 0.25) is 0 Å². The Labute approximate surface area is 132 Å². The van der Waals surface area contributed by atoms with Gasteiger partial charge in [-0.2, -0.15) is 0 Å². The number of carbonyl (C=O) groups excluding carboxylic acids is 1. The third kappa shape index (κ3) is 3.19. The van der Waals surface area contributed by atoms with Gasteiger partial charge in [-0.3, -0.25) is 4.79 Å². The molecule has 0 radical (unpaired) electrons. The van der Waals surface area contributed by atoms with Crippen molar-refractivity contribution in [3.63, 3.8) is 0 Å². The maximum absolute atomic E-state index is 13.7. The molecule has 0 bridgehead atoms. The first-order valence-corrected chi connectivity index (χ1v) is 7.05. The zero-order valence-electron chi connectivity index (χ0n) is 9.89. The van der Waals surface area contributed by atoms with Crippen molar-refractivity contribution >= 4 is 44.9 Å². The molecule has 0 amide bonds. The summed E-state index contributed by atoms with van der Waals surface area (Å²) in [5, 5.41) is 0.495. The number of halogens is 5. The monoisotopic (exact) mass is 378 g/mol. The molecule has 0 unspecified atom stereocenters. The van der Waals surface area contributed by atoms with Crippen molar-refractivity contribution in [1.29, 1.82) is 0 Å². The van der Waals surface area contributed by atoms with Gasteiger partial charge in [-0.05, 0) is 23.8 Å². The van der Waals surface area contributed by atoms with Crippen LogP contribution in [0.2, 0.25) is 10.0 Å². The molecule has 6 heteroatoms. The van der Waals surface area contributed by atoms with Gasteiger partial charge < -0.3 is 0 Å². The first-order valence-electron chi connectivity index (χ1n) is 5.50. The van der Waals surface area contributed by atoms with Gasteiger partial charge in [0.1, 0.15) is 11.6 Å². The molecule has 2 aromatic rings. The van der Waals surface area contributed by atoms with E-state index in [0.717, 1.165) is 12.1 Å². The summed E-state index contributed by atoms with van der Waals surface area (Å²) in [4.78, 5) is 12.0. The van der Waals surface area contributed by atoms with E-state index in [0.29, 0.717) is 5.56 Å². The number of hydrogen-bond acceptors (Lipinski definition) is 1. The Balaban J connectivity index is 2.36. The molecule has 2 aromatic carbocycles. The first kappa shape index (κ1) is 15.4. The molecule has 1 nitrogen and oxygen atoms in total. The number of ketones is 1. The lowest BCUT2D eigenvalue weighted by Gasteiger charge is -2.07. The largest absolute Gasteiger partial charge is 0.294 e. The molecule has 2 rings (SSSR count). The summed E-state index contributed by atoms with van der Waals surface area (Å²) in [6.07, 6.45) is -0.227. The number of Topliss-reactive ketones (excluding diaryl/α,β-unsaturated/α-hetero) is 1. The van der Waals surface area contributed by atoms with Crippen LogP contribution in [0.5, 0.6) is 0 Å². The topological polar surface area (TPSA) is 17.1 Å². The van der Waals surface area contributed by atoms with E-state index in [1.165, 1.54) is 0 Å². The average molecular weight is 380 g/mol. The highest BCUT2D eigenvalue weighted by molar-refractivity contribution is 9.10. The third-order valence-corrected chi connectivity index (χ3v) is 3.98. The lowest BCUT2D eigenvalue weighted by Crippen LogP contribution is -2.09. The highest BCUT2D eigenvalue weighted by Gasteiger charge is 2.20. The van der Waals surface area contributed by atoms with E-state index in [9.17, 15) is 13.6 Å². The fourth-order valence-electron chi connectivity index (χ4n) is 1.75. The van der Waals surface area contributed by atoms with Crippen LogP contribution < -0.4 is 0 Å². The van der Waals surface area contributed by atoms with Crippen molar-refractivity contribution in [2.24, 2.45) is 0 Å². The maximum atomic E-state index is 13.7. The zero-order valence-corrected chi connectivity index (χ0v) is 13.0. The summed E-state index contributed by atoms with van der Waals surface area (Å²) in [5.41, 5.74) is -0.157. The van der Waals surface area contributed by atoms with Crippen LogP contribution in [0.15, 0.2) is 34.8 Å². The molecular weight excluding hydrogens is 373 g/mol. The standard InChI is InChI=1S/C14H7BrCl2F2O/c15-8-5-10(18)13(11(19)6-8)12(20)4-7-2-1-3-9(16)14(7)17/h1-3,5-6H,4H2. The smallest absolute Gasteiger partial charge is 0.173 e. The van der Waals surface area contributed by atoms with Crippen LogP contribution in [-0.2, 0) is 6.42 Å². The molecule has 0 saturated carbocycles. The molecule has 0 aliphatic heterocycles. The second kappa shape index (κ2) is 6.20. The normalized spacial score (nSPS) is 10.7. The Morgan fingerprint density at radius 1 is 1.15 bits per heavy atom. The Kier molecular flexibility index (Phi) is 4.78. The number of rotatable bonds is 3. The van der Waals surface area contributed by atoms with Crippen LogP contribution >= 0.6 is 39.1 Å². The van der Waals surface area contributed by atoms with Gasteiger partial charge in [0.05, 0.1) is 15.6 Å². The van der Waals surface area contributed by atoms with Crippen molar-refractivity contribution in [2.75, 3.05) is 0 Å². The Morgan fingerprint density at radius 2 is 1.75 bits per heavy atom. The van der Waals surface area contributed by atoms with Gasteiger partial charge in [-0.15, -0.1) is 0 Å². The molecule has 0 aliphatic rings. The van der Waals surface area contributed by atoms with E-state index >= 15 is 0 Å². The Morgan fingerprint density at radius 3 is 2.35 bits per heavy atom. The molecule has 0 N–H and O–H groups in total. The lowest BCUT2D eigenvalue weighted by atomic mass is 10.0. The summed E-state index contributed by atoms with van der Waals surface area (Å²) >= 11 is 14.7. The summed E-state index contributed by atoms with van der Waals surface area (Å²) in [5.74, 6) is -2.53. The van der Waals surface area contributed by atoms with Gasteiger partial charge in [0.15, 0.2) is 5.78 Å². The predicted octanol–water partition coefficient (Wildman–Crippen LogP) is 5.46. The molecule has 104 valence electrons. The van der Waals surface area contributed by atoms with Gasteiger partial charge in [-0.1, -0.05) is 51.3 Å². The lowest BCUT2D eigenvalue weighted by molar-refractivity contribution is 0.0985. The van der Waals surface area contributed by atoms with Crippen molar-refractivity contribution in [2.45, 2.75) is 6.42 Å². The van der Waals surface area contributed by atoms with E-state index in [1.807, 2.05) is 0 Å². The second-order valence-electron chi connectivity index (χ2n) is 4.06. The van der Waals surface area contributed by atoms with Gasteiger partial charge in [0.25, 0.3) is 0 Å². The van der Waals surface area contributed by atoms with Crippen LogP contribution in [0.3, 0.4) is 0 Å². The molecule has 0 spiro atoms. The molecular formula is C14H7BrCl2F2O. The van der Waals surface area contributed by atoms with E-state index in [2.05, 4.69) is 15.9 Å². The van der Waals surface area contributed by atoms with Crippen molar-refractivity contribution in [3.05, 3.63) is 67.6 Å². The number of hydrogen-bond donors (Lipinski definition) is 0. The van der Waals surface area contributed by atoms with Crippen LogP contribution in [0.4, 0.5) is 8.78 Å². The number of benzene rings is 2.